The molecule has 0 saturated heterocycles. The van der Waals surface area contributed by atoms with Gasteiger partial charge >= 0.3 is 6.18 Å². The Hall–Kier alpha value is -4.02. The average Bonchev–Trinajstić information content (AvgIpc) is 3.55. The summed E-state index contributed by atoms with van der Waals surface area (Å²) < 4.78 is 49.1. The van der Waals surface area contributed by atoms with Gasteiger partial charge in [-0.3, -0.25) is 9.48 Å². The SMILES string of the molecule is Cc1ccccc1Cn1cc(NC(=O)c2cnn3c2N[C@@H](c2ccco2)C[C@@H]3C(F)(F)F)cn1. The molecule has 0 aliphatic carbocycles. The van der Waals surface area contributed by atoms with Gasteiger partial charge in [-0.25, -0.2) is 4.68 Å². The topological polar surface area (TPSA) is 89.9 Å². The lowest BCUT2D eigenvalue weighted by Gasteiger charge is -2.32. The zero-order chi connectivity index (χ0) is 23.9. The summed E-state index contributed by atoms with van der Waals surface area (Å²) in [5.74, 6) is -0.254. The van der Waals surface area contributed by atoms with Crippen LogP contribution in [0.1, 0.15) is 45.7 Å². The molecule has 2 atom stereocenters. The first-order valence-corrected chi connectivity index (χ1v) is 10.6. The van der Waals surface area contributed by atoms with Crippen LogP contribution in [0.3, 0.4) is 0 Å². The van der Waals surface area contributed by atoms with E-state index in [9.17, 15) is 18.0 Å². The van der Waals surface area contributed by atoms with E-state index in [4.69, 9.17) is 4.42 Å². The summed E-state index contributed by atoms with van der Waals surface area (Å²) in [4.78, 5) is 13.0. The zero-order valence-electron chi connectivity index (χ0n) is 18.1. The van der Waals surface area contributed by atoms with Gasteiger partial charge in [0.2, 0.25) is 0 Å². The first kappa shape index (κ1) is 21.8. The number of furan rings is 1. The maximum absolute atomic E-state index is 13.8. The number of hydrogen-bond donors (Lipinski definition) is 2. The standard InChI is InChI=1S/C23H21F3N6O2/c1-14-5-2-3-6-15(14)12-31-13-16(10-27-31)29-22(33)17-11-28-32-20(23(24,25)26)9-18(30-21(17)32)19-7-4-8-34-19/h2-8,10-11,13,18,20,30H,9,12H2,1H3,(H,29,33)/t18-,20-/m1/s1. The fourth-order valence-corrected chi connectivity index (χ4v) is 4.08. The number of hydrogen-bond acceptors (Lipinski definition) is 5. The van der Waals surface area contributed by atoms with Crippen molar-refractivity contribution in [2.75, 3.05) is 10.6 Å². The fourth-order valence-electron chi connectivity index (χ4n) is 4.08. The first-order valence-electron chi connectivity index (χ1n) is 10.6. The molecule has 1 aliphatic rings. The number of nitrogens with zero attached hydrogens (tertiary/aromatic N) is 4. The highest BCUT2D eigenvalue weighted by Gasteiger charge is 2.47. The quantitative estimate of drug-likeness (QED) is 0.431. The van der Waals surface area contributed by atoms with Crippen molar-refractivity contribution in [3.8, 4) is 0 Å². The summed E-state index contributed by atoms with van der Waals surface area (Å²) in [5, 5.41) is 13.8. The van der Waals surface area contributed by atoms with E-state index in [2.05, 4.69) is 20.8 Å². The number of carbonyl (C=O) groups excluding carboxylic acids is 1. The molecule has 0 bridgehead atoms. The Labute approximate surface area is 192 Å². The smallest absolute Gasteiger partial charge is 0.410 e. The molecule has 0 unspecified atom stereocenters. The van der Waals surface area contributed by atoms with Crippen LogP contribution in [0.25, 0.3) is 0 Å². The molecular formula is C23H21F3N6O2. The van der Waals surface area contributed by atoms with Gasteiger partial charge in [0, 0.05) is 12.6 Å². The molecule has 4 aromatic rings. The third-order valence-corrected chi connectivity index (χ3v) is 5.85. The van der Waals surface area contributed by atoms with Gasteiger partial charge < -0.3 is 15.1 Å². The first-order chi connectivity index (χ1) is 16.3. The second-order valence-corrected chi connectivity index (χ2v) is 8.16. The van der Waals surface area contributed by atoms with Crippen LogP contribution in [0.2, 0.25) is 0 Å². The van der Waals surface area contributed by atoms with Crippen molar-refractivity contribution in [2.24, 2.45) is 0 Å². The van der Waals surface area contributed by atoms with Gasteiger partial charge in [0.1, 0.15) is 17.1 Å². The highest BCUT2D eigenvalue weighted by atomic mass is 19.4. The van der Waals surface area contributed by atoms with Crippen LogP contribution < -0.4 is 10.6 Å². The van der Waals surface area contributed by atoms with E-state index in [1.807, 2.05) is 31.2 Å². The van der Waals surface area contributed by atoms with Crippen LogP contribution in [0.15, 0.2) is 65.7 Å². The van der Waals surface area contributed by atoms with Crippen molar-refractivity contribution >= 4 is 17.4 Å². The molecule has 3 aromatic heterocycles. The van der Waals surface area contributed by atoms with E-state index in [-0.39, 0.29) is 17.8 Å². The molecule has 34 heavy (non-hydrogen) atoms. The summed E-state index contributed by atoms with van der Waals surface area (Å²) >= 11 is 0. The molecule has 4 heterocycles. The van der Waals surface area contributed by atoms with E-state index in [1.165, 1.54) is 12.5 Å². The summed E-state index contributed by atoms with van der Waals surface area (Å²) in [6.45, 7) is 2.52. The number of carbonyl (C=O) groups is 1. The number of fused-ring (bicyclic) bond motifs is 1. The molecule has 0 spiro atoms. The summed E-state index contributed by atoms with van der Waals surface area (Å²) in [7, 11) is 0. The second-order valence-electron chi connectivity index (χ2n) is 8.16. The van der Waals surface area contributed by atoms with Crippen molar-refractivity contribution < 1.29 is 22.4 Å². The molecule has 1 aromatic carbocycles. The van der Waals surface area contributed by atoms with Gasteiger partial charge in [0.25, 0.3) is 5.91 Å². The average molecular weight is 470 g/mol. The van der Waals surface area contributed by atoms with Gasteiger partial charge in [-0.05, 0) is 30.2 Å². The molecule has 0 radical (unpaired) electrons. The predicted octanol–water partition coefficient (Wildman–Crippen LogP) is 4.94. The number of aromatic nitrogens is 4. The Balaban J connectivity index is 1.37. The minimum atomic E-state index is -4.54. The Morgan fingerprint density at radius 3 is 2.76 bits per heavy atom. The Morgan fingerprint density at radius 2 is 2.03 bits per heavy atom. The van der Waals surface area contributed by atoms with Gasteiger partial charge in [-0.2, -0.15) is 23.4 Å². The molecule has 176 valence electrons. The van der Waals surface area contributed by atoms with Gasteiger partial charge in [-0.15, -0.1) is 0 Å². The Kier molecular flexibility index (Phi) is 5.39. The summed E-state index contributed by atoms with van der Waals surface area (Å²) in [6, 6.07) is 8.44. The van der Waals surface area contributed by atoms with E-state index in [0.29, 0.717) is 18.0 Å². The minimum absolute atomic E-state index is 0.00263. The third kappa shape index (κ3) is 4.16. The minimum Gasteiger partial charge on any atom is -0.467 e. The highest BCUT2D eigenvalue weighted by molar-refractivity contribution is 6.07. The zero-order valence-corrected chi connectivity index (χ0v) is 18.1. The van der Waals surface area contributed by atoms with Crippen molar-refractivity contribution in [2.45, 2.75) is 38.1 Å². The lowest BCUT2D eigenvalue weighted by molar-refractivity contribution is -0.174. The molecule has 8 nitrogen and oxygen atoms in total. The van der Waals surface area contributed by atoms with E-state index in [1.54, 1.807) is 23.0 Å². The van der Waals surface area contributed by atoms with Crippen LogP contribution in [0.5, 0.6) is 0 Å². The van der Waals surface area contributed by atoms with E-state index >= 15 is 0 Å². The summed E-state index contributed by atoms with van der Waals surface area (Å²) in [5.41, 5.74) is 2.62. The van der Waals surface area contributed by atoms with E-state index < -0.39 is 24.2 Å². The third-order valence-electron chi connectivity index (χ3n) is 5.85. The molecule has 1 amide bonds. The molecule has 11 heteroatoms. The second kappa shape index (κ2) is 8.40. The maximum atomic E-state index is 13.8. The number of anilines is 2. The van der Waals surface area contributed by atoms with Gasteiger partial charge in [0.15, 0.2) is 6.04 Å². The van der Waals surface area contributed by atoms with Gasteiger partial charge in [0.05, 0.1) is 36.9 Å². The summed E-state index contributed by atoms with van der Waals surface area (Å²) in [6.07, 6.45) is 0.838. The van der Waals surface area contributed by atoms with Crippen molar-refractivity contribution in [1.82, 2.24) is 19.6 Å². The molecule has 1 aliphatic heterocycles. The number of nitrogens with one attached hydrogen (secondary N) is 2. The largest absolute Gasteiger partial charge is 0.467 e. The van der Waals surface area contributed by atoms with Crippen LogP contribution in [0.4, 0.5) is 24.7 Å². The number of halogens is 3. The number of amides is 1. The number of benzene rings is 1. The number of rotatable bonds is 5. The maximum Gasteiger partial charge on any atom is 0.410 e. The van der Waals surface area contributed by atoms with Crippen LogP contribution in [-0.4, -0.2) is 31.6 Å². The van der Waals surface area contributed by atoms with E-state index in [0.717, 1.165) is 22.0 Å². The monoisotopic (exact) mass is 470 g/mol. The molecule has 2 N–H and O–H groups in total. The molecule has 5 rings (SSSR count). The van der Waals surface area contributed by atoms with Crippen LogP contribution in [0, 0.1) is 6.92 Å². The molecular weight excluding hydrogens is 449 g/mol. The fraction of sp³-hybridized carbons (Fsp3) is 0.261. The molecule has 0 saturated carbocycles. The lowest BCUT2D eigenvalue weighted by Crippen LogP contribution is -2.36. The Morgan fingerprint density at radius 1 is 1.21 bits per heavy atom. The van der Waals surface area contributed by atoms with Crippen LogP contribution in [-0.2, 0) is 6.54 Å². The van der Waals surface area contributed by atoms with Crippen molar-refractivity contribution in [3.63, 3.8) is 0 Å². The highest BCUT2D eigenvalue weighted by Crippen LogP contribution is 2.44. The number of alkyl halides is 3. The van der Waals surface area contributed by atoms with Crippen molar-refractivity contribution in [3.05, 3.63) is 83.7 Å². The normalized spacial score (nSPS) is 17.8. The van der Waals surface area contributed by atoms with Gasteiger partial charge in [-0.1, -0.05) is 24.3 Å². The van der Waals surface area contributed by atoms with Crippen molar-refractivity contribution in [1.29, 1.82) is 0 Å². The molecule has 0 fully saturated rings. The Bertz CT molecular complexity index is 1310. The predicted molar refractivity (Wildman–Crippen MR) is 117 cm³/mol. The lowest BCUT2D eigenvalue weighted by atomic mass is 10.0. The number of aryl methyl sites for hydroxylation is 1. The van der Waals surface area contributed by atoms with Crippen LogP contribution >= 0.6 is 0 Å².